The van der Waals surface area contributed by atoms with Crippen molar-refractivity contribution in [1.29, 1.82) is 0 Å². The van der Waals surface area contributed by atoms with Crippen molar-refractivity contribution in [2.75, 3.05) is 11.9 Å². The minimum Gasteiger partial charge on any atom is -0.348 e. The van der Waals surface area contributed by atoms with E-state index in [0.29, 0.717) is 6.04 Å². The molecule has 2 aliphatic rings. The topological polar surface area (TPSA) is 58.4 Å². The number of aromatic nitrogens is 4. The van der Waals surface area contributed by atoms with Crippen molar-refractivity contribution in [3.63, 3.8) is 0 Å². The average molecular weight is 447 g/mol. The molecule has 0 spiro atoms. The Bertz CT molecular complexity index is 1340. The van der Waals surface area contributed by atoms with Crippen LogP contribution >= 0.6 is 11.3 Å². The monoisotopic (exact) mass is 446 g/mol. The van der Waals surface area contributed by atoms with Gasteiger partial charge in [-0.25, -0.2) is 9.97 Å². The highest BCUT2D eigenvalue weighted by Gasteiger charge is 2.49. The minimum absolute atomic E-state index is 0.250. The number of anilines is 1. The van der Waals surface area contributed by atoms with Gasteiger partial charge in [0.15, 0.2) is 5.13 Å². The molecule has 0 saturated carbocycles. The lowest BCUT2D eigenvalue weighted by Gasteiger charge is -2.45. The zero-order valence-electron chi connectivity index (χ0n) is 19.4. The van der Waals surface area contributed by atoms with E-state index in [0.717, 1.165) is 38.8 Å². The molecule has 0 radical (unpaired) electrons. The van der Waals surface area contributed by atoms with Crippen LogP contribution in [0.25, 0.3) is 27.1 Å². The van der Waals surface area contributed by atoms with Crippen LogP contribution in [-0.2, 0) is 0 Å². The molecule has 3 atom stereocenters. The van der Waals surface area contributed by atoms with E-state index in [1.807, 2.05) is 13.1 Å². The molecule has 32 heavy (non-hydrogen) atoms. The number of imidazole rings is 1. The molecule has 6 rings (SSSR count). The molecule has 0 aliphatic carbocycles. The molecule has 2 saturated heterocycles. The Balaban J connectivity index is 1.33. The lowest BCUT2D eigenvalue weighted by Crippen LogP contribution is -2.58. The number of hydrogen-bond acceptors (Lipinski definition) is 6. The van der Waals surface area contributed by atoms with Crippen LogP contribution in [0, 0.1) is 13.8 Å². The molecule has 2 aliphatic heterocycles. The summed E-state index contributed by atoms with van der Waals surface area (Å²) in [5, 5.41) is 4.98. The number of nitrogens with one attached hydrogen (secondary N) is 1. The van der Waals surface area contributed by atoms with Gasteiger partial charge in [0.05, 0.1) is 22.3 Å². The quantitative estimate of drug-likeness (QED) is 0.473. The molecule has 6 heterocycles. The second kappa shape index (κ2) is 6.75. The maximum atomic E-state index is 4.96. The standard InChI is InChI=1S/C25H30N6S/c1-15-8-17(14-31-13-16(2)27-22(15)31)19-9-21-20(12-26-19)28-23(32-21)30(5)18-10-24(3)6-7-25(4,11-18)29-24/h8-9,12-14,18,29H,6-7,10-11H2,1-5H3/t18-,24-,25+. The third-order valence-electron chi connectivity index (χ3n) is 7.47. The average Bonchev–Trinajstić information content (AvgIpc) is 3.39. The fraction of sp³-hybridized carbons (Fsp3) is 0.480. The van der Waals surface area contributed by atoms with Gasteiger partial charge in [-0.3, -0.25) is 4.98 Å². The van der Waals surface area contributed by atoms with Crippen molar-refractivity contribution in [3.05, 3.63) is 42.0 Å². The van der Waals surface area contributed by atoms with Gasteiger partial charge in [-0.2, -0.15) is 0 Å². The Morgan fingerprint density at radius 1 is 1.09 bits per heavy atom. The molecule has 2 fully saturated rings. The largest absolute Gasteiger partial charge is 0.348 e. The van der Waals surface area contributed by atoms with Gasteiger partial charge in [0.25, 0.3) is 0 Å². The van der Waals surface area contributed by atoms with Gasteiger partial charge in [0.2, 0.25) is 0 Å². The number of fused-ring (bicyclic) bond motifs is 4. The first-order chi connectivity index (χ1) is 15.2. The summed E-state index contributed by atoms with van der Waals surface area (Å²) < 4.78 is 3.29. The number of rotatable bonds is 3. The zero-order valence-corrected chi connectivity index (χ0v) is 20.3. The lowest BCUT2D eigenvalue weighted by atomic mass is 9.84. The maximum absolute atomic E-state index is 4.96. The second-order valence-corrected chi connectivity index (χ2v) is 11.5. The SMILES string of the molecule is Cc1cn2cc(-c3cc4sc(N(C)[C@H]5C[C@]6(C)CC[C@](C)(C5)N6)nc4cn3)cc(C)c2n1. The highest BCUT2D eigenvalue weighted by Crippen LogP contribution is 2.44. The van der Waals surface area contributed by atoms with E-state index in [4.69, 9.17) is 9.97 Å². The third-order valence-corrected chi connectivity index (χ3v) is 8.58. The van der Waals surface area contributed by atoms with E-state index in [1.165, 1.54) is 30.4 Å². The van der Waals surface area contributed by atoms with Crippen molar-refractivity contribution in [2.45, 2.75) is 70.5 Å². The summed E-state index contributed by atoms with van der Waals surface area (Å²) in [6, 6.07) is 4.87. The van der Waals surface area contributed by atoms with Gasteiger partial charge >= 0.3 is 0 Å². The Morgan fingerprint density at radius 3 is 2.59 bits per heavy atom. The van der Waals surface area contributed by atoms with Crippen LogP contribution in [0.1, 0.15) is 50.8 Å². The molecule has 166 valence electrons. The van der Waals surface area contributed by atoms with E-state index < -0.39 is 0 Å². The normalized spacial score (nSPS) is 27.5. The number of nitrogens with zero attached hydrogens (tertiary/aromatic N) is 5. The molecule has 0 amide bonds. The van der Waals surface area contributed by atoms with Crippen molar-refractivity contribution in [2.24, 2.45) is 0 Å². The number of thiazole rings is 1. The molecule has 4 aromatic heterocycles. The second-order valence-electron chi connectivity index (χ2n) is 10.5. The van der Waals surface area contributed by atoms with Gasteiger partial charge in [0, 0.05) is 42.1 Å². The Hall–Kier alpha value is -2.51. The van der Waals surface area contributed by atoms with Crippen LogP contribution in [0.2, 0.25) is 0 Å². The summed E-state index contributed by atoms with van der Waals surface area (Å²) in [4.78, 5) is 16.7. The van der Waals surface area contributed by atoms with Crippen molar-refractivity contribution >= 4 is 32.3 Å². The lowest BCUT2D eigenvalue weighted by molar-refractivity contribution is 0.208. The molecular weight excluding hydrogens is 416 g/mol. The van der Waals surface area contributed by atoms with Crippen molar-refractivity contribution in [3.8, 4) is 11.3 Å². The summed E-state index contributed by atoms with van der Waals surface area (Å²) in [5.41, 5.74) is 6.75. The molecule has 0 unspecified atom stereocenters. The molecule has 6 nitrogen and oxygen atoms in total. The fourth-order valence-corrected chi connectivity index (χ4v) is 6.92. The van der Waals surface area contributed by atoms with Crippen molar-refractivity contribution in [1.82, 2.24) is 24.7 Å². The van der Waals surface area contributed by atoms with Crippen LogP contribution in [-0.4, -0.2) is 43.5 Å². The minimum atomic E-state index is 0.250. The summed E-state index contributed by atoms with van der Waals surface area (Å²) in [6.45, 7) is 8.90. The maximum Gasteiger partial charge on any atom is 0.186 e. The fourth-order valence-electron chi connectivity index (χ4n) is 5.91. The number of pyridine rings is 2. The molecule has 7 heteroatoms. The summed E-state index contributed by atoms with van der Waals surface area (Å²) >= 11 is 1.78. The van der Waals surface area contributed by atoms with E-state index in [9.17, 15) is 0 Å². The van der Waals surface area contributed by atoms with Crippen LogP contribution in [0.5, 0.6) is 0 Å². The van der Waals surface area contributed by atoms with Crippen LogP contribution in [0.15, 0.2) is 30.7 Å². The van der Waals surface area contributed by atoms with E-state index in [1.54, 1.807) is 11.3 Å². The van der Waals surface area contributed by atoms with Gasteiger partial charge in [0.1, 0.15) is 11.2 Å². The highest BCUT2D eigenvalue weighted by molar-refractivity contribution is 7.22. The third kappa shape index (κ3) is 3.21. The predicted octanol–water partition coefficient (Wildman–Crippen LogP) is 5.12. The first-order valence-corrected chi connectivity index (χ1v) is 12.3. The van der Waals surface area contributed by atoms with Crippen LogP contribution in [0.3, 0.4) is 0 Å². The van der Waals surface area contributed by atoms with Crippen LogP contribution < -0.4 is 10.2 Å². The van der Waals surface area contributed by atoms with E-state index in [2.05, 4.69) is 71.9 Å². The Morgan fingerprint density at radius 2 is 1.84 bits per heavy atom. The van der Waals surface area contributed by atoms with Gasteiger partial charge < -0.3 is 14.6 Å². The van der Waals surface area contributed by atoms with Crippen molar-refractivity contribution < 1.29 is 0 Å². The number of hydrogen-bond donors (Lipinski definition) is 1. The summed E-state index contributed by atoms with van der Waals surface area (Å²) in [7, 11) is 2.22. The molecule has 1 N–H and O–H groups in total. The van der Waals surface area contributed by atoms with Gasteiger partial charge in [-0.05, 0) is 71.1 Å². The van der Waals surface area contributed by atoms with E-state index in [-0.39, 0.29) is 11.1 Å². The Labute approximate surface area is 192 Å². The summed E-state index contributed by atoms with van der Waals surface area (Å²) in [6.07, 6.45) is 11.0. The smallest absolute Gasteiger partial charge is 0.186 e. The number of aryl methyl sites for hydroxylation is 2. The number of piperidine rings is 1. The Kier molecular flexibility index (Phi) is 4.24. The van der Waals surface area contributed by atoms with Crippen LogP contribution in [0.4, 0.5) is 5.13 Å². The highest BCUT2D eigenvalue weighted by atomic mass is 32.1. The van der Waals surface area contributed by atoms with E-state index >= 15 is 0 Å². The molecule has 0 aromatic carbocycles. The first-order valence-electron chi connectivity index (χ1n) is 11.5. The summed E-state index contributed by atoms with van der Waals surface area (Å²) in [5.74, 6) is 0. The van der Waals surface area contributed by atoms with Gasteiger partial charge in [-0.15, -0.1) is 0 Å². The first kappa shape index (κ1) is 20.1. The van der Waals surface area contributed by atoms with Gasteiger partial charge in [-0.1, -0.05) is 11.3 Å². The zero-order chi connectivity index (χ0) is 22.3. The molecule has 2 bridgehead atoms. The molecular formula is C25H30N6S. The predicted molar refractivity (Wildman–Crippen MR) is 132 cm³/mol. The molecule has 4 aromatic rings.